The van der Waals surface area contributed by atoms with E-state index in [9.17, 15) is 8.78 Å². The normalized spacial score (nSPS) is 12.4. The van der Waals surface area contributed by atoms with Crippen LogP contribution in [0, 0.1) is 11.6 Å². The maximum atomic E-state index is 14.0. The number of hydrogen-bond acceptors (Lipinski definition) is 1. The quantitative estimate of drug-likeness (QED) is 0.842. The Kier molecular flexibility index (Phi) is 5.10. The smallest absolute Gasteiger partial charge is 0.128 e. The minimum Gasteiger partial charge on any atom is -0.306 e. The summed E-state index contributed by atoms with van der Waals surface area (Å²) >= 11 is 6.14. The first kappa shape index (κ1) is 14.9. The summed E-state index contributed by atoms with van der Waals surface area (Å²) in [5.74, 6) is -0.717. The van der Waals surface area contributed by atoms with Crippen LogP contribution in [0.2, 0.25) is 5.02 Å². The summed E-state index contributed by atoms with van der Waals surface area (Å²) in [6.07, 6.45) is 0.887. The fourth-order valence-corrected chi connectivity index (χ4v) is 2.35. The van der Waals surface area contributed by atoms with Crippen LogP contribution < -0.4 is 5.32 Å². The molecule has 2 aromatic carbocycles. The molecule has 0 radical (unpaired) electrons. The van der Waals surface area contributed by atoms with E-state index in [0.717, 1.165) is 6.42 Å². The molecule has 2 aromatic rings. The second-order valence-electron chi connectivity index (χ2n) is 4.57. The zero-order valence-corrected chi connectivity index (χ0v) is 11.9. The molecule has 0 fully saturated rings. The first-order valence-electron chi connectivity index (χ1n) is 6.56. The topological polar surface area (TPSA) is 12.0 Å². The van der Waals surface area contributed by atoms with Crippen molar-refractivity contribution in [1.82, 2.24) is 5.32 Å². The van der Waals surface area contributed by atoms with E-state index in [0.29, 0.717) is 22.7 Å². The molecule has 0 aromatic heterocycles. The van der Waals surface area contributed by atoms with Crippen molar-refractivity contribution in [3.63, 3.8) is 0 Å². The van der Waals surface area contributed by atoms with Crippen LogP contribution in [0.1, 0.15) is 30.5 Å². The molecule has 0 aliphatic rings. The predicted octanol–water partition coefficient (Wildman–Crippen LogP) is 4.71. The molecular formula is C16H16ClF2N. The summed E-state index contributed by atoms with van der Waals surface area (Å²) in [5.41, 5.74) is 1.01. The van der Waals surface area contributed by atoms with Gasteiger partial charge in [-0.15, -0.1) is 0 Å². The molecule has 1 nitrogen and oxygen atoms in total. The number of halogens is 3. The van der Waals surface area contributed by atoms with Crippen molar-refractivity contribution < 1.29 is 8.78 Å². The largest absolute Gasteiger partial charge is 0.306 e. The molecule has 0 heterocycles. The van der Waals surface area contributed by atoms with Gasteiger partial charge in [-0.25, -0.2) is 8.78 Å². The standard InChI is InChI=1S/C16H16ClF2N/c1-2-9-20-16(12-5-3-4-6-15(12)19)13-10-11(18)7-8-14(13)17/h3-8,10,16,20H,2,9H2,1H3. The molecule has 0 saturated carbocycles. The SMILES string of the molecule is CCCNC(c1ccccc1F)c1cc(F)ccc1Cl. The van der Waals surface area contributed by atoms with E-state index in [1.54, 1.807) is 18.2 Å². The van der Waals surface area contributed by atoms with E-state index in [2.05, 4.69) is 5.32 Å². The second kappa shape index (κ2) is 6.82. The average molecular weight is 296 g/mol. The van der Waals surface area contributed by atoms with Crippen molar-refractivity contribution in [3.8, 4) is 0 Å². The molecule has 0 aliphatic heterocycles. The molecular weight excluding hydrogens is 280 g/mol. The molecule has 0 saturated heterocycles. The third-order valence-electron chi connectivity index (χ3n) is 3.08. The molecule has 0 bridgehead atoms. The van der Waals surface area contributed by atoms with Crippen molar-refractivity contribution in [3.05, 3.63) is 70.2 Å². The van der Waals surface area contributed by atoms with Crippen LogP contribution in [0.5, 0.6) is 0 Å². The minimum atomic E-state index is -0.459. The van der Waals surface area contributed by atoms with Crippen LogP contribution in [0.3, 0.4) is 0 Å². The summed E-state index contributed by atoms with van der Waals surface area (Å²) in [7, 11) is 0. The van der Waals surface area contributed by atoms with Gasteiger partial charge in [-0.3, -0.25) is 0 Å². The Balaban J connectivity index is 2.47. The average Bonchev–Trinajstić information content (AvgIpc) is 2.44. The van der Waals surface area contributed by atoms with Crippen LogP contribution in [0.25, 0.3) is 0 Å². The van der Waals surface area contributed by atoms with Crippen molar-refractivity contribution in [1.29, 1.82) is 0 Å². The van der Waals surface area contributed by atoms with E-state index < -0.39 is 6.04 Å². The molecule has 20 heavy (non-hydrogen) atoms. The van der Waals surface area contributed by atoms with Gasteiger partial charge in [0.15, 0.2) is 0 Å². The third kappa shape index (κ3) is 3.35. The monoisotopic (exact) mass is 295 g/mol. The highest BCUT2D eigenvalue weighted by atomic mass is 35.5. The van der Waals surface area contributed by atoms with E-state index in [-0.39, 0.29) is 11.6 Å². The summed E-state index contributed by atoms with van der Waals surface area (Å²) in [6.45, 7) is 2.70. The molecule has 0 amide bonds. The Bertz CT molecular complexity index is 586. The summed E-state index contributed by atoms with van der Waals surface area (Å²) in [5, 5.41) is 3.64. The zero-order valence-electron chi connectivity index (χ0n) is 11.2. The lowest BCUT2D eigenvalue weighted by atomic mass is 9.97. The van der Waals surface area contributed by atoms with Crippen LogP contribution in [-0.2, 0) is 0 Å². The lowest BCUT2D eigenvalue weighted by Crippen LogP contribution is -2.24. The zero-order chi connectivity index (χ0) is 14.5. The summed E-state index contributed by atoms with van der Waals surface area (Å²) in [6, 6.07) is 10.1. The van der Waals surface area contributed by atoms with Crippen molar-refractivity contribution in [2.75, 3.05) is 6.54 Å². The minimum absolute atomic E-state index is 0.332. The highest BCUT2D eigenvalue weighted by Crippen LogP contribution is 2.30. The van der Waals surface area contributed by atoms with Crippen LogP contribution >= 0.6 is 11.6 Å². The molecule has 1 atom stereocenters. The van der Waals surface area contributed by atoms with E-state index in [1.807, 2.05) is 6.92 Å². The fourth-order valence-electron chi connectivity index (χ4n) is 2.12. The van der Waals surface area contributed by atoms with Gasteiger partial charge < -0.3 is 5.32 Å². The number of rotatable bonds is 5. The van der Waals surface area contributed by atoms with Gasteiger partial charge in [-0.05, 0) is 42.8 Å². The lowest BCUT2D eigenvalue weighted by molar-refractivity contribution is 0.543. The first-order valence-corrected chi connectivity index (χ1v) is 6.94. The molecule has 0 aliphatic carbocycles. The molecule has 2 rings (SSSR count). The van der Waals surface area contributed by atoms with Crippen molar-refractivity contribution in [2.24, 2.45) is 0 Å². The lowest BCUT2D eigenvalue weighted by Gasteiger charge is -2.21. The predicted molar refractivity (Wildman–Crippen MR) is 77.9 cm³/mol. The van der Waals surface area contributed by atoms with Crippen LogP contribution in [-0.4, -0.2) is 6.54 Å². The van der Waals surface area contributed by atoms with Gasteiger partial charge in [0.25, 0.3) is 0 Å². The number of benzene rings is 2. The van der Waals surface area contributed by atoms with Gasteiger partial charge in [0, 0.05) is 10.6 Å². The molecule has 106 valence electrons. The maximum Gasteiger partial charge on any atom is 0.128 e. The van der Waals surface area contributed by atoms with Gasteiger partial charge in [0.05, 0.1) is 6.04 Å². The Morgan fingerprint density at radius 1 is 1.10 bits per heavy atom. The van der Waals surface area contributed by atoms with Gasteiger partial charge >= 0.3 is 0 Å². The third-order valence-corrected chi connectivity index (χ3v) is 3.43. The Morgan fingerprint density at radius 3 is 2.55 bits per heavy atom. The van der Waals surface area contributed by atoms with Gasteiger partial charge in [0.1, 0.15) is 11.6 Å². The van der Waals surface area contributed by atoms with Crippen LogP contribution in [0.15, 0.2) is 42.5 Å². The van der Waals surface area contributed by atoms with Gasteiger partial charge in [-0.2, -0.15) is 0 Å². The van der Waals surface area contributed by atoms with Crippen molar-refractivity contribution >= 4 is 11.6 Å². The first-order chi connectivity index (χ1) is 9.63. The second-order valence-corrected chi connectivity index (χ2v) is 4.98. The summed E-state index contributed by atoms with van der Waals surface area (Å²) in [4.78, 5) is 0. The Morgan fingerprint density at radius 2 is 1.85 bits per heavy atom. The fraction of sp³-hybridized carbons (Fsp3) is 0.250. The molecule has 4 heteroatoms. The Hall–Kier alpha value is -1.45. The summed E-state index contributed by atoms with van der Waals surface area (Å²) < 4.78 is 27.5. The van der Waals surface area contributed by atoms with Crippen molar-refractivity contribution in [2.45, 2.75) is 19.4 Å². The van der Waals surface area contributed by atoms with E-state index in [4.69, 9.17) is 11.6 Å². The number of hydrogen-bond donors (Lipinski definition) is 1. The van der Waals surface area contributed by atoms with Gasteiger partial charge in [0.2, 0.25) is 0 Å². The molecule has 1 N–H and O–H groups in total. The Labute approximate surface area is 122 Å². The van der Waals surface area contributed by atoms with Crippen LogP contribution in [0.4, 0.5) is 8.78 Å². The van der Waals surface area contributed by atoms with E-state index in [1.165, 1.54) is 24.3 Å². The molecule has 0 spiro atoms. The number of nitrogens with one attached hydrogen (secondary N) is 1. The highest BCUT2D eigenvalue weighted by molar-refractivity contribution is 6.31. The molecule has 1 unspecified atom stereocenters. The maximum absolute atomic E-state index is 14.0. The highest BCUT2D eigenvalue weighted by Gasteiger charge is 2.20. The van der Waals surface area contributed by atoms with Gasteiger partial charge in [-0.1, -0.05) is 36.7 Å². The van der Waals surface area contributed by atoms with E-state index >= 15 is 0 Å².